The predicted octanol–water partition coefficient (Wildman–Crippen LogP) is -1.29. The minimum absolute atomic E-state index is 0.0618. The zero-order chi connectivity index (χ0) is 6.85. The highest BCUT2D eigenvalue weighted by atomic mass is 16.3. The standard InChI is InChI=1S/C5H7BN2O/c1-8-2-4(6)7-5(8)3-9/h2,9H,3H2,1H3. The lowest BCUT2D eigenvalue weighted by Crippen LogP contribution is -2.01. The molecule has 0 amide bonds. The molecule has 0 aliphatic heterocycles. The van der Waals surface area contributed by atoms with Crippen LogP contribution < -0.4 is 5.59 Å². The van der Waals surface area contributed by atoms with Gasteiger partial charge in [-0.1, -0.05) is 0 Å². The molecule has 0 unspecified atom stereocenters. The summed E-state index contributed by atoms with van der Waals surface area (Å²) in [5, 5.41) is 8.59. The second-order valence-electron chi connectivity index (χ2n) is 1.85. The third-order valence-corrected chi connectivity index (χ3v) is 1.13. The van der Waals surface area contributed by atoms with Crippen molar-refractivity contribution in [3.05, 3.63) is 12.0 Å². The summed E-state index contributed by atoms with van der Waals surface area (Å²) in [6.07, 6.45) is 1.66. The fourth-order valence-electron chi connectivity index (χ4n) is 0.677. The molecule has 1 aromatic heterocycles. The van der Waals surface area contributed by atoms with E-state index in [1.807, 2.05) is 0 Å². The van der Waals surface area contributed by atoms with Crippen molar-refractivity contribution in [2.24, 2.45) is 7.05 Å². The first-order valence-electron chi connectivity index (χ1n) is 2.62. The smallest absolute Gasteiger partial charge is 0.143 e. The van der Waals surface area contributed by atoms with Crippen LogP contribution in [0.2, 0.25) is 0 Å². The van der Waals surface area contributed by atoms with E-state index in [9.17, 15) is 0 Å². The average Bonchev–Trinajstić information content (AvgIpc) is 2.10. The first-order valence-corrected chi connectivity index (χ1v) is 2.62. The number of aryl methyl sites for hydroxylation is 1. The average molecular weight is 122 g/mol. The van der Waals surface area contributed by atoms with Crippen LogP contribution in [0.3, 0.4) is 0 Å². The molecule has 1 N–H and O–H groups in total. The monoisotopic (exact) mass is 122 g/mol. The zero-order valence-electron chi connectivity index (χ0n) is 5.20. The van der Waals surface area contributed by atoms with E-state index >= 15 is 0 Å². The van der Waals surface area contributed by atoms with Crippen molar-refractivity contribution in [1.29, 1.82) is 0 Å². The molecule has 1 rings (SSSR count). The van der Waals surface area contributed by atoms with Gasteiger partial charge in [0.05, 0.1) is 0 Å². The molecule has 0 aliphatic carbocycles. The lowest BCUT2D eigenvalue weighted by molar-refractivity contribution is 0.267. The van der Waals surface area contributed by atoms with Gasteiger partial charge >= 0.3 is 0 Å². The molecular formula is C5H7BN2O. The number of nitrogens with zero attached hydrogens (tertiary/aromatic N) is 2. The largest absolute Gasteiger partial charge is 0.388 e. The van der Waals surface area contributed by atoms with Crippen LogP contribution in [-0.4, -0.2) is 22.5 Å². The summed E-state index contributed by atoms with van der Waals surface area (Å²) in [5.74, 6) is 0.590. The Hall–Kier alpha value is -0.765. The Balaban J connectivity index is 3.01. The van der Waals surface area contributed by atoms with Crippen LogP contribution in [0.4, 0.5) is 0 Å². The van der Waals surface area contributed by atoms with E-state index in [0.717, 1.165) is 0 Å². The fraction of sp³-hybridized carbons (Fsp3) is 0.400. The molecule has 0 saturated heterocycles. The summed E-state index contributed by atoms with van der Waals surface area (Å²) in [6, 6.07) is 0. The molecule has 0 spiro atoms. The molecule has 0 aromatic carbocycles. The molecule has 0 fully saturated rings. The van der Waals surface area contributed by atoms with Gasteiger partial charge in [-0.05, 0) is 0 Å². The highest BCUT2D eigenvalue weighted by Crippen LogP contribution is 1.88. The predicted molar refractivity (Wildman–Crippen MR) is 34.5 cm³/mol. The van der Waals surface area contributed by atoms with E-state index in [1.54, 1.807) is 17.8 Å². The van der Waals surface area contributed by atoms with Crippen LogP contribution in [0.1, 0.15) is 5.82 Å². The Morgan fingerprint density at radius 2 is 2.56 bits per heavy atom. The number of aliphatic hydroxyl groups excluding tert-OH is 1. The van der Waals surface area contributed by atoms with E-state index in [1.165, 1.54) is 0 Å². The van der Waals surface area contributed by atoms with E-state index in [2.05, 4.69) is 4.98 Å². The van der Waals surface area contributed by atoms with Gasteiger partial charge in [0, 0.05) is 18.8 Å². The first-order chi connectivity index (χ1) is 4.24. The maximum absolute atomic E-state index is 8.59. The molecule has 1 aromatic rings. The van der Waals surface area contributed by atoms with Crippen LogP contribution in [0, 0.1) is 0 Å². The lowest BCUT2D eigenvalue weighted by atomic mass is 10.1. The van der Waals surface area contributed by atoms with Crippen LogP contribution in [0.25, 0.3) is 0 Å². The summed E-state index contributed by atoms with van der Waals surface area (Å²) in [6.45, 7) is -0.0618. The molecule has 1 heterocycles. The molecule has 2 radical (unpaired) electrons. The second-order valence-corrected chi connectivity index (χ2v) is 1.85. The van der Waals surface area contributed by atoms with E-state index in [4.69, 9.17) is 13.0 Å². The Bertz CT molecular complexity index is 209. The summed E-state index contributed by atoms with van der Waals surface area (Å²) in [4.78, 5) is 3.82. The lowest BCUT2D eigenvalue weighted by Gasteiger charge is -1.92. The Kier molecular flexibility index (Phi) is 1.57. The van der Waals surface area contributed by atoms with Gasteiger partial charge < -0.3 is 9.67 Å². The molecule has 3 nitrogen and oxygen atoms in total. The van der Waals surface area contributed by atoms with Crippen molar-refractivity contribution >= 4 is 13.4 Å². The van der Waals surface area contributed by atoms with Crippen molar-refractivity contribution in [2.75, 3.05) is 0 Å². The topological polar surface area (TPSA) is 38.0 Å². The van der Waals surface area contributed by atoms with Gasteiger partial charge in [0.25, 0.3) is 0 Å². The third-order valence-electron chi connectivity index (χ3n) is 1.13. The zero-order valence-corrected chi connectivity index (χ0v) is 5.20. The molecule has 9 heavy (non-hydrogen) atoms. The van der Waals surface area contributed by atoms with Gasteiger partial charge in [-0.2, -0.15) is 0 Å². The van der Waals surface area contributed by atoms with Crippen molar-refractivity contribution in [2.45, 2.75) is 6.61 Å². The Morgan fingerprint density at radius 1 is 1.89 bits per heavy atom. The van der Waals surface area contributed by atoms with Crippen molar-refractivity contribution in [3.63, 3.8) is 0 Å². The minimum atomic E-state index is -0.0618. The van der Waals surface area contributed by atoms with Gasteiger partial charge in [0.2, 0.25) is 0 Å². The number of imidazole rings is 1. The van der Waals surface area contributed by atoms with Crippen molar-refractivity contribution < 1.29 is 5.11 Å². The van der Waals surface area contributed by atoms with Gasteiger partial charge in [-0.25, -0.2) is 4.98 Å². The first kappa shape index (κ1) is 6.36. The van der Waals surface area contributed by atoms with Gasteiger partial charge in [-0.15, -0.1) is 0 Å². The minimum Gasteiger partial charge on any atom is -0.388 e. The summed E-state index contributed by atoms with van der Waals surface area (Å²) in [5.41, 5.74) is 0.446. The van der Waals surface area contributed by atoms with Gasteiger partial charge in [0.15, 0.2) is 0 Å². The molecule has 46 valence electrons. The van der Waals surface area contributed by atoms with Gasteiger partial charge in [0.1, 0.15) is 20.3 Å². The molecule has 0 aliphatic rings. The highest BCUT2D eigenvalue weighted by molar-refractivity contribution is 6.30. The normalized spacial score (nSPS) is 10.0. The van der Waals surface area contributed by atoms with Crippen molar-refractivity contribution in [3.8, 4) is 0 Å². The number of rotatable bonds is 1. The maximum Gasteiger partial charge on any atom is 0.143 e. The molecule has 0 saturated carbocycles. The fourth-order valence-corrected chi connectivity index (χ4v) is 0.677. The van der Waals surface area contributed by atoms with E-state index < -0.39 is 0 Å². The van der Waals surface area contributed by atoms with Crippen LogP contribution in [-0.2, 0) is 13.7 Å². The number of hydrogen-bond acceptors (Lipinski definition) is 2. The van der Waals surface area contributed by atoms with Crippen LogP contribution in [0.15, 0.2) is 6.20 Å². The van der Waals surface area contributed by atoms with E-state index in [-0.39, 0.29) is 6.61 Å². The number of aliphatic hydroxyl groups is 1. The van der Waals surface area contributed by atoms with Gasteiger partial charge in [-0.3, -0.25) is 0 Å². The van der Waals surface area contributed by atoms with E-state index in [0.29, 0.717) is 11.4 Å². The number of hydrogen-bond donors (Lipinski definition) is 1. The maximum atomic E-state index is 8.59. The molecule has 4 heteroatoms. The Labute approximate surface area is 54.7 Å². The summed E-state index contributed by atoms with van der Waals surface area (Å²) >= 11 is 0. The SMILES string of the molecule is [B]c1cn(C)c(CO)n1. The summed E-state index contributed by atoms with van der Waals surface area (Å²) in [7, 11) is 7.10. The Morgan fingerprint density at radius 3 is 2.78 bits per heavy atom. The number of aromatic nitrogens is 2. The quantitative estimate of drug-likeness (QED) is 0.470. The van der Waals surface area contributed by atoms with Crippen molar-refractivity contribution in [1.82, 2.24) is 9.55 Å². The molecule has 0 bridgehead atoms. The molecule has 0 atom stereocenters. The second kappa shape index (κ2) is 2.23. The van der Waals surface area contributed by atoms with Crippen LogP contribution in [0.5, 0.6) is 0 Å². The third kappa shape index (κ3) is 1.13. The summed E-state index contributed by atoms with van der Waals surface area (Å²) < 4.78 is 1.69. The highest BCUT2D eigenvalue weighted by Gasteiger charge is 1.96. The molecular weight excluding hydrogens is 115 g/mol. The van der Waals surface area contributed by atoms with Crippen LogP contribution >= 0.6 is 0 Å².